The zero-order valence-corrected chi connectivity index (χ0v) is 17.1. The fraction of sp³-hybridized carbons (Fsp3) is 0.409. The first kappa shape index (κ1) is 19.6. The van der Waals surface area contributed by atoms with Crippen molar-refractivity contribution in [2.75, 3.05) is 20.0 Å². The number of thioether (sulfide) groups is 1. The van der Waals surface area contributed by atoms with Crippen LogP contribution in [0.15, 0.2) is 42.5 Å². The minimum Gasteiger partial charge on any atom is -0.497 e. The first-order valence-electron chi connectivity index (χ1n) is 9.34. The molecule has 0 radical (unpaired) electrons. The number of carbonyl (C=O) groups excluding carboxylic acids is 1. The van der Waals surface area contributed by atoms with Gasteiger partial charge in [0.05, 0.1) is 20.8 Å². The van der Waals surface area contributed by atoms with Crippen molar-refractivity contribution in [3.8, 4) is 11.5 Å². The second kappa shape index (κ2) is 9.18. The van der Waals surface area contributed by atoms with E-state index >= 15 is 0 Å². The van der Waals surface area contributed by atoms with Crippen LogP contribution in [0.3, 0.4) is 0 Å². The molecule has 0 unspecified atom stereocenters. The lowest BCUT2D eigenvalue weighted by Gasteiger charge is -2.24. The van der Waals surface area contributed by atoms with Crippen molar-refractivity contribution in [2.24, 2.45) is 0 Å². The number of ether oxygens (including phenoxy) is 2. The summed E-state index contributed by atoms with van der Waals surface area (Å²) < 4.78 is 10.8. The molecule has 0 bridgehead atoms. The molecule has 1 aliphatic carbocycles. The van der Waals surface area contributed by atoms with Crippen LogP contribution >= 0.6 is 11.8 Å². The molecule has 2 aromatic carbocycles. The SMILES string of the molecule is CCSCc1ccc(C(=O)N(Cc2cc(OC)ccc2OC)C2CC2)cc1. The van der Waals surface area contributed by atoms with Gasteiger partial charge in [0.2, 0.25) is 0 Å². The Morgan fingerprint density at radius 3 is 2.44 bits per heavy atom. The highest BCUT2D eigenvalue weighted by molar-refractivity contribution is 7.98. The molecule has 2 aromatic rings. The molecule has 27 heavy (non-hydrogen) atoms. The topological polar surface area (TPSA) is 38.8 Å². The average Bonchev–Trinajstić information content (AvgIpc) is 3.55. The Kier molecular flexibility index (Phi) is 6.67. The maximum Gasteiger partial charge on any atom is 0.254 e. The van der Waals surface area contributed by atoms with E-state index in [4.69, 9.17) is 9.47 Å². The molecule has 0 aliphatic heterocycles. The molecule has 144 valence electrons. The molecule has 1 aliphatic rings. The molecule has 5 heteroatoms. The molecular weight excluding hydrogens is 358 g/mol. The third kappa shape index (κ3) is 4.98. The van der Waals surface area contributed by atoms with Crippen LogP contribution < -0.4 is 9.47 Å². The van der Waals surface area contributed by atoms with Gasteiger partial charge in [-0.2, -0.15) is 11.8 Å². The van der Waals surface area contributed by atoms with Gasteiger partial charge in [-0.3, -0.25) is 4.79 Å². The van der Waals surface area contributed by atoms with Crippen LogP contribution in [0.4, 0.5) is 0 Å². The van der Waals surface area contributed by atoms with E-state index in [2.05, 4.69) is 19.1 Å². The Balaban J connectivity index is 1.79. The number of hydrogen-bond donors (Lipinski definition) is 0. The van der Waals surface area contributed by atoms with Crippen LogP contribution in [0, 0.1) is 0 Å². The number of methoxy groups -OCH3 is 2. The molecule has 1 saturated carbocycles. The summed E-state index contributed by atoms with van der Waals surface area (Å²) in [4.78, 5) is 15.1. The molecule has 1 amide bonds. The van der Waals surface area contributed by atoms with Crippen LogP contribution in [0.25, 0.3) is 0 Å². The standard InChI is InChI=1S/C22H27NO3S/c1-4-27-15-16-5-7-17(8-6-16)22(24)23(19-9-10-19)14-18-13-20(25-2)11-12-21(18)26-3/h5-8,11-13,19H,4,9-10,14-15H2,1-3H3. The van der Waals surface area contributed by atoms with Gasteiger partial charge in [-0.1, -0.05) is 19.1 Å². The predicted molar refractivity (Wildman–Crippen MR) is 111 cm³/mol. The average molecular weight is 386 g/mol. The van der Waals surface area contributed by atoms with Crippen molar-refractivity contribution in [1.29, 1.82) is 0 Å². The molecule has 0 aromatic heterocycles. The molecule has 0 saturated heterocycles. The lowest BCUT2D eigenvalue weighted by molar-refractivity contribution is 0.0728. The van der Waals surface area contributed by atoms with Crippen LogP contribution in [0.5, 0.6) is 11.5 Å². The fourth-order valence-electron chi connectivity index (χ4n) is 3.07. The Bertz CT molecular complexity index is 772. The van der Waals surface area contributed by atoms with Crippen molar-refractivity contribution in [1.82, 2.24) is 4.90 Å². The van der Waals surface area contributed by atoms with Gasteiger partial charge >= 0.3 is 0 Å². The van der Waals surface area contributed by atoms with Crippen molar-refractivity contribution in [3.05, 3.63) is 59.2 Å². The summed E-state index contributed by atoms with van der Waals surface area (Å²) in [5, 5.41) is 0. The number of benzene rings is 2. The molecule has 0 heterocycles. The Morgan fingerprint density at radius 1 is 1.11 bits per heavy atom. The van der Waals surface area contributed by atoms with E-state index in [0.29, 0.717) is 12.6 Å². The largest absolute Gasteiger partial charge is 0.497 e. The van der Waals surface area contributed by atoms with E-state index in [1.165, 1.54) is 5.56 Å². The zero-order chi connectivity index (χ0) is 19.2. The molecule has 0 spiro atoms. The molecule has 4 nitrogen and oxygen atoms in total. The van der Waals surface area contributed by atoms with Gasteiger partial charge in [-0.25, -0.2) is 0 Å². The number of amides is 1. The van der Waals surface area contributed by atoms with Crippen LogP contribution in [-0.4, -0.2) is 36.8 Å². The van der Waals surface area contributed by atoms with Gasteiger partial charge in [-0.15, -0.1) is 0 Å². The number of rotatable bonds is 9. The minimum absolute atomic E-state index is 0.0806. The lowest BCUT2D eigenvalue weighted by atomic mass is 10.1. The second-order valence-electron chi connectivity index (χ2n) is 6.68. The van der Waals surface area contributed by atoms with Gasteiger partial charge in [0.1, 0.15) is 11.5 Å². The third-order valence-corrected chi connectivity index (χ3v) is 5.70. The van der Waals surface area contributed by atoms with Crippen LogP contribution in [0.1, 0.15) is 41.3 Å². The fourth-order valence-corrected chi connectivity index (χ4v) is 3.70. The first-order valence-corrected chi connectivity index (χ1v) is 10.5. The molecule has 0 N–H and O–H groups in total. The highest BCUT2D eigenvalue weighted by atomic mass is 32.2. The van der Waals surface area contributed by atoms with Crippen molar-refractivity contribution < 1.29 is 14.3 Å². The van der Waals surface area contributed by atoms with E-state index in [1.54, 1.807) is 14.2 Å². The van der Waals surface area contributed by atoms with E-state index in [1.807, 2.05) is 47.0 Å². The van der Waals surface area contributed by atoms with Gasteiger partial charge in [0, 0.05) is 22.9 Å². The molecule has 3 rings (SSSR count). The Labute approximate surface area is 165 Å². The Morgan fingerprint density at radius 2 is 1.85 bits per heavy atom. The summed E-state index contributed by atoms with van der Waals surface area (Å²) in [5.41, 5.74) is 2.97. The monoisotopic (exact) mass is 385 g/mol. The minimum atomic E-state index is 0.0806. The van der Waals surface area contributed by atoms with E-state index in [9.17, 15) is 4.79 Å². The Hall–Kier alpha value is -2.14. The highest BCUT2D eigenvalue weighted by Crippen LogP contribution is 2.33. The predicted octanol–water partition coefficient (Wildman–Crippen LogP) is 4.76. The lowest BCUT2D eigenvalue weighted by Crippen LogP contribution is -2.32. The number of carbonyl (C=O) groups is 1. The van der Waals surface area contributed by atoms with E-state index in [-0.39, 0.29) is 5.91 Å². The zero-order valence-electron chi connectivity index (χ0n) is 16.2. The van der Waals surface area contributed by atoms with Crippen molar-refractivity contribution >= 4 is 17.7 Å². The third-order valence-electron chi connectivity index (χ3n) is 4.75. The number of nitrogens with zero attached hydrogens (tertiary/aromatic N) is 1. The first-order chi connectivity index (χ1) is 13.2. The summed E-state index contributed by atoms with van der Waals surface area (Å²) >= 11 is 1.88. The molecular formula is C22H27NO3S. The smallest absolute Gasteiger partial charge is 0.254 e. The molecule has 0 atom stereocenters. The van der Waals surface area contributed by atoms with Gasteiger partial charge in [0.25, 0.3) is 5.91 Å². The normalized spacial score (nSPS) is 13.3. The highest BCUT2D eigenvalue weighted by Gasteiger charge is 2.33. The van der Waals surface area contributed by atoms with Crippen molar-refractivity contribution in [2.45, 2.75) is 38.1 Å². The summed E-state index contributed by atoms with van der Waals surface area (Å²) in [5.74, 6) is 3.71. The quantitative estimate of drug-likeness (QED) is 0.624. The van der Waals surface area contributed by atoms with E-state index in [0.717, 1.165) is 47.0 Å². The van der Waals surface area contributed by atoms with Crippen LogP contribution in [0.2, 0.25) is 0 Å². The maximum atomic E-state index is 13.2. The second-order valence-corrected chi connectivity index (χ2v) is 7.95. The summed E-state index contributed by atoms with van der Waals surface area (Å²) in [6, 6.07) is 14.1. The van der Waals surface area contributed by atoms with Gasteiger partial charge in [0.15, 0.2) is 0 Å². The molecule has 1 fully saturated rings. The summed E-state index contributed by atoms with van der Waals surface area (Å²) in [7, 11) is 3.30. The van der Waals surface area contributed by atoms with Crippen molar-refractivity contribution in [3.63, 3.8) is 0 Å². The maximum absolute atomic E-state index is 13.2. The van der Waals surface area contributed by atoms with Gasteiger partial charge < -0.3 is 14.4 Å². The van der Waals surface area contributed by atoms with Crippen LogP contribution in [-0.2, 0) is 12.3 Å². The summed E-state index contributed by atoms with van der Waals surface area (Å²) in [6.45, 7) is 2.68. The number of hydrogen-bond acceptors (Lipinski definition) is 4. The summed E-state index contributed by atoms with van der Waals surface area (Å²) in [6.07, 6.45) is 2.12. The van der Waals surface area contributed by atoms with E-state index < -0.39 is 0 Å². The van der Waals surface area contributed by atoms with Gasteiger partial charge in [-0.05, 0) is 54.5 Å².